The van der Waals surface area contributed by atoms with E-state index in [0.29, 0.717) is 23.1 Å². The van der Waals surface area contributed by atoms with Crippen LogP contribution in [0, 0.1) is 6.92 Å². The Bertz CT molecular complexity index is 1040. The van der Waals surface area contributed by atoms with Crippen molar-refractivity contribution in [2.45, 2.75) is 13.5 Å². The van der Waals surface area contributed by atoms with Crippen molar-refractivity contribution >= 4 is 44.6 Å². The van der Waals surface area contributed by atoms with E-state index >= 15 is 0 Å². The zero-order valence-electron chi connectivity index (χ0n) is 13.4. The molecule has 0 aliphatic rings. The van der Waals surface area contributed by atoms with Crippen molar-refractivity contribution in [3.63, 3.8) is 0 Å². The predicted octanol–water partition coefficient (Wildman–Crippen LogP) is 4.30. The van der Waals surface area contributed by atoms with Gasteiger partial charge in [0.2, 0.25) is 11.7 Å². The summed E-state index contributed by atoms with van der Waals surface area (Å²) in [5.74, 6) is 0.377. The highest BCUT2D eigenvalue weighted by Gasteiger charge is 2.19. The molecule has 0 atom stereocenters. The van der Waals surface area contributed by atoms with E-state index in [0.717, 1.165) is 20.8 Å². The Morgan fingerprint density at radius 2 is 2.08 bits per heavy atom. The molecule has 124 valence electrons. The molecule has 0 aromatic carbocycles. The van der Waals surface area contributed by atoms with Gasteiger partial charge in [0.15, 0.2) is 0 Å². The molecule has 0 amide bonds. The number of carbonyl (C=O) groups excluding carboxylic acids is 1. The molecule has 0 fully saturated rings. The maximum atomic E-state index is 12.9. The van der Waals surface area contributed by atoms with Crippen molar-refractivity contribution in [2.75, 3.05) is 5.32 Å². The first kappa shape index (κ1) is 15.9. The van der Waals surface area contributed by atoms with Gasteiger partial charge in [-0.05, 0) is 42.6 Å². The Balaban J connectivity index is 1.68. The second kappa shape index (κ2) is 6.70. The standard InChI is InChI=1S/C18H14N4OS2/c1-11-5-6-14(25-11)16(23)15-17-13(7-9-24-17)21-18(22-15)20-10-12-4-2-3-8-19-12/h2-9H,10H2,1H3,(H,20,21,22). The zero-order valence-corrected chi connectivity index (χ0v) is 15.0. The molecule has 0 bridgehead atoms. The molecule has 0 unspecified atom stereocenters. The number of anilines is 1. The smallest absolute Gasteiger partial charge is 0.224 e. The largest absolute Gasteiger partial charge is 0.349 e. The van der Waals surface area contributed by atoms with Crippen LogP contribution in [0.3, 0.4) is 0 Å². The van der Waals surface area contributed by atoms with E-state index in [-0.39, 0.29) is 5.78 Å². The van der Waals surface area contributed by atoms with Crippen LogP contribution >= 0.6 is 22.7 Å². The summed E-state index contributed by atoms with van der Waals surface area (Å²) in [5.41, 5.74) is 2.11. The number of rotatable bonds is 5. The van der Waals surface area contributed by atoms with Crippen LogP contribution in [0.15, 0.2) is 48.0 Å². The number of aromatic nitrogens is 3. The van der Waals surface area contributed by atoms with Gasteiger partial charge in [-0.3, -0.25) is 9.78 Å². The average molecular weight is 366 g/mol. The molecule has 0 spiro atoms. The topological polar surface area (TPSA) is 67.8 Å². The third-order valence-electron chi connectivity index (χ3n) is 3.64. The molecule has 4 aromatic heterocycles. The Hall–Kier alpha value is -2.64. The highest BCUT2D eigenvalue weighted by atomic mass is 32.1. The number of fused-ring (bicyclic) bond motifs is 1. The molecular weight excluding hydrogens is 352 g/mol. The molecule has 4 heterocycles. The van der Waals surface area contributed by atoms with E-state index in [1.165, 1.54) is 22.7 Å². The second-order valence-electron chi connectivity index (χ2n) is 5.44. The number of aryl methyl sites for hydroxylation is 1. The molecule has 0 saturated carbocycles. The van der Waals surface area contributed by atoms with Crippen LogP contribution in [0.4, 0.5) is 5.95 Å². The Morgan fingerprint density at radius 1 is 1.16 bits per heavy atom. The fraction of sp³-hybridized carbons (Fsp3) is 0.111. The molecule has 4 rings (SSSR count). The molecular formula is C18H14N4OS2. The summed E-state index contributed by atoms with van der Waals surface area (Å²) in [4.78, 5) is 28.0. The van der Waals surface area contributed by atoms with Crippen LogP contribution in [0.25, 0.3) is 10.2 Å². The molecule has 5 nitrogen and oxygen atoms in total. The summed E-state index contributed by atoms with van der Waals surface area (Å²) in [6, 6.07) is 11.4. The minimum atomic E-state index is -0.0613. The van der Waals surface area contributed by atoms with Crippen LogP contribution in [-0.4, -0.2) is 20.7 Å². The van der Waals surface area contributed by atoms with Crippen LogP contribution < -0.4 is 5.32 Å². The normalized spacial score (nSPS) is 10.9. The highest BCUT2D eigenvalue weighted by Crippen LogP contribution is 2.27. The molecule has 0 saturated heterocycles. The number of pyridine rings is 1. The van der Waals surface area contributed by atoms with E-state index < -0.39 is 0 Å². The second-order valence-corrected chi connectivity index (χ2v) is 7.65. The maximum Gasteiger partial charge on any atom is 0.224 e. The van der Waals surface area contributed by atoms with Crippen molar-refractivity contribution in [2.24, 2.45) is 0 Å². The lowest BCUT2D eigenvalue weighted by Gasteiger charge is -2.07. The van der Waals surface area contributed by atoms with Crippen LogP contribution in [-0.2, 0) is 6.54 Å². The van der Waals surface area contributed by atoms with E-state index in [4.69, 9.17) is 0 Å². The van der Waals surface area contributed by atoms with E-state index in [9.17, 15) is 4.79 Å². The predicted molar refractivity (Wildman–Crippen MR) is 101 cm³/mol. The highest BCUT2D eigenvalue weighted by molar-refractivity contribution is 7.18. The number of hydrogen-bond acceptors (Lipinski definition) is 7. The fourth-order valence-corrected chi connectivity index (χ4v) is 4.07. The lowest BCUT2D eigenvalue weighted by molar-refractivity contribution is 0.103. The fourth-order valence-electron chi connectivity index (χ4n) is 2.44. The van der Waals surface area contributed by atoms with Crippen molar-refractivity contribution in [3.05, 3.63) is 69.1 Å². The molecule has 25 heavy (non-hydrogen) atoms. The van der Waals surface area contributed by atoms with Gasteiger partial charge in [-0.2, -0.15) is 0 Å². The summed E-state index contributed by atoms with van der Waals surface area (Å²) in [5, 5.41) is 5.09. The van der Waals surface area contributed by atoms with Crippen molar-refractivity contribution < 1.29 is 4.79 Å². The zero-order chi connectivity index (χ0) is 17.2. The molecule has 4 aromatic rings. The van der Waals surface area contributed by atoms with Crippen molar-refractivity contribution in [1.82, 2.24) is 15.0 Å². The van der Waals surface area contributed by atoms with Crippen molar-refractivity contribution in [1.29, 1.82) is 0 Å². The summed E-state index contributed by atoms with van der Waals surface area (Å²) in [7, 11) is 0. The first-order chi connectivity index (χ1) is 12.2. The molecule has 0 aliphatic heterocycles. The monoisotopic (exact) mass is 366 g/mol. The van der Waals surface area contributed by atoms with Gasteiger partial charge in [0.25, 0.3) is 0 Å². The quantitative estimate of drug-likeness (QED) is 0.533. The lowest BCUT2D eigenvalue weighted by Crippen LogP contribution is -2.09. The minimum Gasteiger partial charge on any atom is -0.349 e. The molecule has 1 N–H and O–H groups in total. The van der Waals surface area contributed by atoms with Crippen LogP contribution in [0.2, 0.25) is 0 Å². The van der Waals surface area contributed by atoms with E-state index in [1.54, 1.807) is 6.20 Å². The summed E-state index contributed by atoms with van der Waals surface area (Å²) in [6.07, 6.45) is 1.74. The number of nitrogens with zero attached hydrogens (tertiary/aromatic N) is 3. The summed E-state index contributed by atoms with van der Waals surface area (Å²) >= 11 is 2.97. The van der Waals surface area contributed by atoms with Gasteiger partial charge in [0, 0.05) is 11.1 Å². The summed E-state index contributed by atoms with van der Waals surface area (Å²) in [6.45, 7) is 2.49. The van der Waals surface area contributed by atoms with Crippen LogP contribution in [0.5, 0.6) is 0 Å². The average Bonchev–Trinajstić information content (AvgIpc) is 3.28. The van der Waals surface area contributed by atoms with Gasteiger partial charge < -0.3 is 5.32 Å². The SMILES string of the molecule is Cc1ccc(C(=O)c2nc(NCc3ccccn3)nc3ccsc23)s1. The van der Waals surface area contributed by atoms with Crippen LogP contribution in [0.1, 0.15) is 25.9 Å². The van der Waals surface area contributed by atoms with Gasteiger partial charge in [-0.15, -0.1) is 22.7 Å². The Labute approximate surface area is 152 Å². The van der Waals surface area contributed by atoms with E-state index in [1.807, 2.05) is 48.7 Å². The third-order valence-corrected chi connectivity index (χ3v) is 5.55. The number of nitrogens with one attached hydrogen (secondary N) is 1. The Kier molecular flexibility index (Phi) is 4.25. The first-order valence-corrected chi connectivity index (χ1v) is 9.40. The number of ketones is 1. The van der Waals surface area contributed by atoms with Crippen molar-refractivity contribution in [3.8, 4) is 0 Å². The van der Waals surface area contributed by atoms with Gasteiger partial charge in [-0.25, -0.2) is 9.97 Å². The van der Waals surface area contributed by atoms with Gasteiger partial charge in [0.1, 0.15) is 5.69 Å². The summed E-state index contributed by atoms with van der Waals surface area (Å²) < 4.78 is 0.819. The molecule has 0 radical (unpaired) electrons. The minimum absolute atomic E-state index is 0.0613. The number of thiophene rings is 2. The Morgan fingerprint density at radius 3 is 2.84 bits per heavy atom. The molecule has 7 heteroatoms. The van der Waals surface area contributed by atoms with Gasteiger partial charge >= 0.3 is 0 Å². The molecule has 0 aliphatic carbocycles. The third kappa shape index (κ3) is 3.29. The van der Waals surface area contributed by atoms with Gasteiger partial charge in [-0.1, -0.05) is 6.07 Å². The maximum absolute atomic E-state index is 12.9. The van der Waals surface area contributed by atoms with Gasteiger partial charge in [0.05, 0.1) is 27.3 Å². The number of hydrogen-bond donors (Lipinski definition) is 1. The number of carbonyl (C=O) groups is 1. The first-order valence-electron chi connectivity index (χ1n) is 7.71. The lowest BCUT2D eigenvalue weighted by atomic mass is 10.2. The van der Waals surface area contributed by atoms with E-state index in [2.05, 4.69) is 20.3 Å².